The van der Waals surface area contributed by atoms with Gasteiger partial charge in [-0.25, -0.2) is 9.97 Å². The van der Waals surface area contributed by atoms with Crippen LogP contribution in [0.15, 0.2) is 30.7 Å². The molecule has 0 radical (unpaired) electrons. The molecular weight excluding hydrogens is 202 g/mol. The van der Waals surface area contributed by atoms with Gasteiger partial charge in [0.05, 0.1) is 6.20 Å². The fourth-order valence-corrected chi connectivity index (χ4v) is 1.29. The number of anilines is 1. The fourth-order valence-electron chi connectivity index (χ4n) is 1.29. The fraction of sp³-hybridized carbons (Fsp3) is 0.0909. The third-order valence-electron chi connectivity index (χ3n) is 2.10. The molecular formula is C11H9N5. The maximum Gasteiger partial charge on any atom is 0.145 e. The predicted molar refractivity (Wildman–Crippen MR) is 58.2 cm³/mol. The van der Waals surface area contributed by atoms with Gasteiger partial charge in [-0.15, -0.1) is 0 Å². The summed E-state index contributed by atoms with van der Waals surface area (Å²) in [4.78, 5) is 12.1. The quantitative estimate of drug-likeness (QED) is 0.797. The first-order valence-electron chi connectivity index (χ1n) is 4.70. The average Bonchev–Trinajstić information content (AvgIpc) is 2.31. The van der Waals surface area contributed by atoms with E-state index in [0.717, 1.165) is 5.56 Å². The summed E-state index contributed by atoms with van der Waals surface area (Å²) in [6, 6.07) is 5.70. The summed E-state index contributed by atoms with van der Waals surface area (Å²) in [6.07, 6.45) is 5.45. The molecule has 0 bridgehead atoms. The van der Waals surface area contributed by atoms with Crippen molar-refractivity contribution in [3.63, 3.8) is 0 Å². The van der Waals surface area contributed by atoms with Gasteiger partial charge in [0.2, 0.25) is 0 Å². The molecule has 78 valence electrons. The summed E-state index contributed by atoms with van der Waals surface area (Å²) >= 11 is 0. The topological polar surface area (TPSA) is 88.5 Å². The number of hydrogen-bond donors (Lipinski definition) is 1. The Morgan fingerprint density at radius 1 is 1.31 bits per heavy atom. The van der Waals surface area contributed by atoms with Gasteiger partial charge in [-0.2, -0.15) is 5.26 Å². The van der Waals surface area contributed by atoms with Crippen LogP contribution in [-0.4, -0.2) is 15.0 Å². The summed E-state index contributed by atoms with van der Waals surface area (Å²) < 4.78 is 0. The second kappa shape index (κ2) is 4.36. The van der Waals surface area contributed by atoms with E-state index in [2.05, 4.69) is 15.0 Å². The molecule has 2 heterocycles. The van der Waals surface area contributed by atoms with Crippen molar-refractivity contribution in [3.05, 3.63) is 47.7 Å². The zero-order valence-electron chi connectivity index (χ0n) is 8.46. The van der Waals surface area contributed by atoms with Gasteiger partial charge in [0.15, 0.2) is 0 Å². The van der Waals surface area contributed by atoms with Crippen molar-refractivity contribution in [2.24, 2.45) is 0 Å². The zero-order chi connectivity index (χ0) is 11.4. The van der Waals surface area contributed by atoms with E-state index in [9.17, 15) is 0 Å². The van der Waals surface area contributed by atoms with Gasteiger partial charge in [0.1, 0.15) is 23.3 Å². The molecule has 2 aromatic heterocycles. The molecule has 0 aliphatic rings. The maximum atomic E-state index is 8.68. The predicted octanol–water partition coefficient (Wildman–Crippen LogP) is 0.916. The van der Waals surface area contributed by atoms with Crippen LogP contribution < -0.4 is 5.73 Å². The van der Waals surface area contributed by atoms with E-state index in [4.69, 9.17) is 11.0 Å². The Morgan fingerprint density at radius 2 is 2.06 bits per heavy atom. The summed E-state index contributed by atoms with van der Waals surface area (Å²) in [7, 11) is 0. The van der Waals surface area contributed by atoms with Gasteiger partial charge in [-0.05, 0) is 17.7 Å². The smallest absolute Gasteiger partial charge is 0.145 e. The molecule has 0 aliphatic carbocycles. The molecule has 0 saturated carbocycles. The molecule has 2 N–H and O–H groups in total. The second-order valence-corrected chi connectivity index (χ2v) is 3.23. The SMILES string of the molecule is N#Cc1cnc(Cc2ccncc2)nc1N. The average molecular weight is 211 g/mol. The summed E-state index contributed by atoms with van der Waals surface area (Å²) in [6.45, 7) is 0. The molecule has 0 unspecified atom stereocenters. The van der Waals surface area contributed by atoms with Crippen molar-refractivity contribution in [2.75, 3.05) is 5.73 Å². The van der Waals surface area contributed by atoms with Gasteiger partial charge in [-0.3, -0.25) is 4.98 Å². The Hall–Kier alpha value is -2.48. The molecule has 0 spiro atoms. The number of nitrogen functional groups attached to an aromatic ring is 1. The van der Waals surface area contributed by atoms with Crippen molar-refractivity contribution in [3.8, 4) is 6.07 Å². The molecule has 0 saturated heterocycles. The Kier molecular flexibility index (Phi) is 2.74. The molecule has 16 heavy (non-hydrogen) atoms. The molecule has 0 fully saturated rings. The number of hydrogen-bond acceptors (Lipinski definition) is 5. The minimum absolute atomic E-state index is 0.224. The number of aromatic nitrogens is 3. The lowest BCUT2D eigenvalue weighted by Crippen LogP contribution is -2.02. The lowest BCUT2D eigenvalue weighted by Gasteiger charge is -2.01. The highest BCUT2D eigenvalue weighted by Gasteiger charge is 2.03. The summed E-state index contributed by atoms with van der Waals surface area (Å²) in [5.41, 5.74) is 6.96. The van der Waals surface area contributed by atoms with Gasteiger partial charge in [0, 0.05) is 18.8 Å². The van der Waals surface area contributed by atoms with Crippen LogP contribution in [0.4, 0.5) is 5.82 Å². The van der Waals surface area contributed by atoms with E-state index in [1.165, 1.54) is 6.20 Å². The normalized spacial score (nSPS) is 9.69. The van der Waals surface area contributed by atoms with E-state index in [1.54, 1.807) is 12.4 Å². The number of rotatable bonds is 2. The van der Waals surface area contributed by atoms with E-state index in [1.807, 2.05) is 18.2 Å². The Bertz CT molecular complexity index is 530. The van der Waals surface area contributed by atoms with Crippen LogP contribution in [0.3, 0.4) is 0 Å². The van der Waals surface area contributed by atoms with Crippen molar-refractivity contribution < 1.29 is 0 Å². The van der Waals surface area contributed by atoms with Gasteiger partial charge >= 0.3 is 0 Å². The van der Waals surface area contributed by atoms with E-state index >= 15 is 0 Å². The van der Waals surface area contributed by atoms with E-state index in [0.29, 0.717) is 17.8 Å². The first-order chi connectivity index (χ1) is 7.79. The molecule has 0 amide bonds. The van der Waals surface area contributed by atoms with Crippen LogP contribution in [0.5, 0.6) is 0 Å². The molecule has 0 aliphatic heterocycles. The Labute approximate surface area is 92.6 Å². The van der Waals surface area contributed by atoms with Crippen molar-refractivity contribution in [2.45, 2.75) is 6.42 Å². The largest absolute Gasteiger partial charge is 0.382 e. The zero-order valence-corrected chi connectivity index (χ0v) is 8.46. The second-order valence-electron chi connectivity index (χ2n) is 3.23. The minimum Gasteiger partial charge on any atom is -0.382 e. The monoisotopic (exact) mass is 211 g/mol. The number of nitrogens with zero attached hydrogens (tertiary/aromatic N) is 4. The van der Waals surface area contributed by atoms with Gasteiger partial charge < -0.3 is 5.73 Å². The first kappa shape index (κ1) is 10.1. The number of nitrogens with two attached hydrogens (primary N) is 1. The summed E-state index contributed by atoms with van der Waals surface area (Å²) in [5, 5.41) is 8.68. The van der Waals surface area contributed by atoms with Crippen LogP contribution in [0.25, 0.3) is 0 Å². The van der Waals surface area contributed by atoms with E-state index < -0.39 is 0 Å². The highest BCUT2D eigenvalue weighted by molar-refractivity contribution is 5.46. The van der Waals surface area contributed by atoms with Crippen LogP contribution >= 0.6 is 0 Å². The third-order valence-corrected chi connectivity index (χ3v) is 2.10. The van der Waals surface area contributed by atoms with Crippen molar-refractivity contribution in [1.29, 1.82) is 5.26 Å². The third kappa shape index (κ3) is 2.12. The molecule has 0 atom stereocenters. The molecule has 5 nitrogen and oxygen atoms in total. The van der Waals surface area contributed by atoms with Crippen molar-refractivity contribution >= 4 is 5.82 Å². The first-order valence-corrected chi connectivity index (χ1v) is 4.70. The molecule has 0 aromatic carbocycles. The number of nitriles is 1. The van der Waals surface area contributed by atoms with Gasteiger partial charge in [0.25, 0.3) is 0 Å². The van der Waals surface area contributed by atoms with Gasteiger partial charge in [-0.1, -0.05) is 0 Å². The Balaban J connectivity index is 2.24. The lowest BCUT2D eigenvalue weighted by molar-refractivity contribution is 0.966. The van der Waals surface area contributed by atoms with Crippen LogP contribution in [0.1, 0.15) is 17.0 Å². The lowest BCUT2D eigenvalue weighted by atomic mass is 10.2. The van der Waals surface area contributed by atoms with Crippen molar-refractivity contribution in [1.82, 2.24) is 15.0 Å². The minimum atomic E-state index is 0.224. The summed E-state index contributed by atoms with van der Waals surface area (Å²) in [5.74, 6) is 0.823. The molecule has 2 aromatic rings. The molecule has 5 heteroatoms. The van der Waals surface area contributed by atoms with Crippen LogP contribution in [-0.2, 0) is 6.42 Å². The van der Waals surface area contributed by atoms with Crippen LogP contribution in [0, 0.1) is 11.3 Å². The maximum absolute atomic E-state index is 8.68. The highest BCUT2D eigenvalue weighted by atomic mass is 14.9. The standard InChI is InChI=1S/C11H9N5/c12-6-9-7-15-10(16-11(9)13)5-8-1-3-14-4-2-8/h1-4,7H,5H2,(H2,13,15,16). The number of pyridine rings is 1. The molecule has 2 rings (SSSR count). The van der Waals surface area contributed by atoms with Crippen LogP contribution in [0.2, 0.25) is 0 Å². The highest BCUT2D eigenvalue weighted by Crippen LogP contribution is 2.08. The Morgan fingerprint density at radius 3 is 2.69 bits per heavy atom. The van der Waals surface area contributed by atoms with E-state index in [-0.39, 0.29) is 5.82 Å².